The van der Waals surface area contributed by atoms with Crippen molar-refractivity contribution in [2.75, 3.05) is 19.8 Å². The molecular weight excluding hydrogens is 550 g/mol. The molecule has 0 aliphatic carbocycles. The Morgan fingerprint density at radius 2 is 1.76 bits per heavy atom. The van der Waals surface area contributed by atoms with Crippen LogP contribution >= 0.6 is 0 Å². The minimum atomic E-state index is -2.92. The summed E-state index contributed by atoms with van der Waals surface area (Å²) in [4.78, 5) is 37.3. The normalized spacial score (nSPS) is 12.7. The Labute approximate surface area is 248 Å². The van der Waals surface area contributed by atoms with Crippen LogP contribution in [-0.2, 0) is 19.2 Å². The highest BCUT2D eigenvalue weighted by Gasteiger charge is 2.26. The van der Waals surface area contributed by atoms with E-state index in [2.05, 4.69) is 23.2 Å². The molecule has 2 unspecified atom stereocenters. The number of nitrogens with zero attached hydrogens (tertiary/aromatic N) is 1. The number of hydrogen-bond donors (Lipinski definition) is 1. The summed E-state index contributed by atoms with van der Waals surface area (Å²) in [6, 6.07) is 7.98. The Hall–Kier alpha value is -3.50. The third-order valence-electron chi connectivity index (χ3n) is 5.86. The lowest BCUT2D eigenvalue weighted by molar-refractivity contribution is -0.757. The van der Waals surface area contributed by atoms with Gasteiger partial charge in [-0.15, -0.1) is 10.1 Å². The molecule has 0 saturated carbocycles. The van der Waals surface area contributed by atoms with Crippen LogP contribution < -0.4 is 10.1 Å². The van der Waals surface area contributed by atoms with E-state index in [4.69, 9.17) is 9.47 Å². The predicted octanol–water partition coefficient (Wildman–Crippen LogP) is 7.24. The number of alkyl halides is 2. The van der Waals surface area contributed by atoms with Crippen LogP contribution in [0.15, 0.2) is 54.6 Å². The average molecular weight is 599 g/mol. The molecule has 0 bridgehead atoms. The second-order valence-electron chi connectivity index (χ2n) is 9.67. The van der Waals surface area contributed by atoms with Gasteiger partial charge in [-0.1, -0.05) is 63.6 Å². The van der Waals surface area contributed by atoms with Crippen LogP contribution in [0.25, 0.3) is 0 Å². The summed E-state index contributed by atoms with van der Waals surface area (Å²) in [5.41, 5.74) is 0. The van der Waals surface area contributed by atoms with Crippen molar-refractivity contribution in [3.63, 3.8) is 0 Å². The van der Waals surface area contributed by atoms with Crippen LogP contribution in [0.2, 0.25) is 0 Å². The second-order valence-corrected chi connectivity index (χ2v) is 9.67. The number of allylic oxidation sites excluding steroid dienone is 3. The minimum absolute atomic E-state index is 0.0245. The van der Waals surface area contributed by atoms with Crippen LogP contribution in [0.3, 0.4) is 0 Å². The highest BCUT2D eigenvalue weighted by molar-refractivity contribution is 5.84. The second kappa shape index (κ2) is 24.1. The van der Waals surface area contributed by atoms with Crippen molar-refractivity contribution >= 4 is 11.9 Å². The summed E-state index contributed by atoms with van der Waals surface area (Å²) in [6.07, 6.45) is 13.3. The third kappa shape index (κ3) is 22.2. The first-order valence-corrected chi connectivity index (χ1v) is 14.7. The SMILES string of the molecule is CC/C=C\CCCC(=O)NC(C)C(=O)OCCCCO[N+](=O)[O-].CCCC(/C=C/C(F)(F)COc1ccccc1)CC. The molecule has 42 heavy (non-hydrogen) atoms. The molecule has 238 valence electrons. The number of esters is 1. The van der Waals surface area contributed by atoms with Gasteiger partial charge in [0.2, 0.25) is 5.91 Å². The number of para-hydroxylation sites is 1. The molecule has 1 aromatic carbocycles. The van der Waals surface area contributed by atoms with Gasteiger partial charge in [0.05, 0.1) is 13.2 Å². The van der Waals surface area contributed by atoms with Gasteiger partial charge in [-0.3, -0.25) is 4.79 Å². The lowest BCUT2D eigenvalue weighted by atomic mass is 10.00. The molecule has 0 fully saturated rings. The first-order chi connectivity index (χ1) is 20.0. The monoisotopic (exact) mass is 598 g/mol. The van der Waals surface area contributed by atoms with Crippen LogP contribution in [-0.4, -0.2) is 48.7 Å². The molecule has 0 aliphatic rings. The first-order valence-electron chi connectivity index (χ1n) is 14.7. The Morgan fingerprint density at radius 3 is 2.38 bits per heavy atom. The van der Waals surface area contributed by atoms with E-state index in [-0.39, 0.29) is 25.0 Å². The summed E-state index contributed by atoms with van der Waals surface area (Å²) in [7, 11) is 0. The zero-order valence-corrected chi connectivity index (χ0v) is 25.4. The van der Waals surface area contributed by atoms with E-state index < -0.39 is 29.6 Å². The number of rotatable bonds is 21. The fraction of sp³-hybridized carbons (Fsp3) is 0.613. The van der Waals surface area contributed by atoms with Gasteiger partial charge in [-0.25, -0.2) is 4.79 Å². The molecule has 1 N–H and O–H groups in total. The van der Waals surface area contributed by atoms with Gasteiger partial charge in [-0.2, -0.15) is 8.78 Å². The number of hydrogen-bond acceptors (Lipinski definition) is 7. The topological polar surface area (TPSA) is 117 Å². The Morgan fingerprint density at radius 1 is 1.07 bits per heavy atom. The van der Waals surface area contributed by atoms with E-state index >= 15 is 0 Å². The number of benzene rings is 1. The van der Waals surface area contributed by atoms with E-state index in [1.54, 1.807) is 37.3 Å². The third-order valence-corrected chi connectivity index (χ3v) is 5.86. The Balaban J connectivity index is 0.000000813. The van der Waals surface area contributed by atoms with Crippen LogP contribution in [0, 0.1) is 16.0 Å². The van der Waals surface area contributed by atoms with Gasteiger partial charge in [0.15, 0.2) is 6.61 Å². The molecule has 1 aromatic rings. The lowest BCUT2D eigenvalue weighted by Crippen LogP contribution is -2.39. The van der Waals surface area contributed by atoms with Gasteiger partial charge >= 0.3 is 5.97 Å². The molecule has 0 heterocycles. The molecular formula is C31H48F2N2O7. The van der Waals surface area contributed by atoms with Gasteiger partial charge < -0.3 is 19.6 Å². The number of carbonyl (C=O) groups excluding carboxylic acids is 2. The minimum Gasteiger partial charge on any atom is -0.487 e. The van der Waals surface area contributed by atoms with Crippen LogP contribution in [0.1, 0.15) is 85.5 Å². The maximum absolute atomic E-state index is 13.6. The number of ether oxygens (including phenoxy) is 2. The molecule has 11 heteroatoms. The molecule has 1 rings (SSSR count). The molecule has 2 atom stereocenters. The number of halogens is 2. The van der Waals surface area contributed by atoms with Crippen molar-refractivity contribution in [1.82, 2.24) is 5.32 Å². The van der Waals surface area contributed by atoms with Crippen molar-refractivity contribution in [1.29, 1.82) is 0 Å². The Bertz CT molecular complexity index is 927. The number of unbranched alkanes of at least 4 members (excludes halogenated alkanes) is 2. The van der Waals surface area contributed by atoms with E-state index in [9.17, 15) is 28.5 Å². The molecule has 1 amide bonds. The van der Waals surface area contributed by atoms with Gasteiger partial charge in [-0.05, 0) is 76.0 Å². The van der Waals surface area contributed by atoms with Crippen molar-refractivity contribution in [3.05, 3.63) is 64.8 Å². The highest BCUT2D eigenvalue weighted by atomic mass is 19.3. The molecule has 0 radical (unpaired) electrons. The van der Waals surface area contributed by atoms with Gasteiger partial charge in [0, 0.05) is 6.42 Å². The fourth-order valence-electron chi connectivity index (χ4n) is 3.51. The van der Waals surface area contributed by atoms with E-state index in [0.29, 0.717) is 25.0 Å². The first kappa shape index (κ1) is 38.5. The van der Waals surface area contributed by atoms with Crippen molar-refractivity contribution in [2.24, 2.45) is 5.92 Å². The van der Waals surface area contributed by atoms with Gasteiger partial charge in [0.25, 0.3) is 11.0 Å². The number of amides is 1. The van der Waals surface area contributed by atoms with Crippen LogP contribution in [0.4, 0.5) is 8.78 Å². The molecule has 0 aliphatic heterocycles. The van der Waals surface area contributed by atoms with E-state index in [1.807, 2.05) is 26.0 Å². The van der Waals surface area contributed by atoms with Crippen LogP contribution in [0.5, 0.6) is 5.75 Å². The highest BCUT2D eigenvalue weighted by Crippen LogP contribution is 2.21. The lowest BCUT2D eigenvalue weighted by Gasteiger charge is -2.15. The zero-order valence-electron chi connectivity index (χ0n) is 25.4. The average Bonchev–Trinajstić information content (AvgIpc) is 2.96. The maximum Gasteiger partial charge on any atom is 0.328 e. The quantitative estimate of drug-likeness (QED) is 0.0521. The van der Waals surface area contributed by atoms with Crippen molar-refractivity contribution in [3.8, 4) is 5.75 Å². The molecule has 0 saturated heterocycles. The molecule has 0 spiro atoms. The van der Waals surface area contributed by atoms with E-state index in [0.717, 1.165) is 44.6 Å². The Kier molecular flexibility index (Phi) is 22.1. The smallest absolute Gasteiger partial charge is 0.328 e. The summed E-state index contributed by atoms with van der Waals surface area (Å²) in [6.45, 7) is 7.19. The summed E-state index contributed by atoms with van der Waals surface area (Å²) < 4.78 is 37.3. The largest absolute Gasteiger partial charge is 0.487 e. The van der Waals surface area contributed by atoms with Crippen molar-refractivity contribution in [2.45, 2.75) is 97.4 Å². The number of carbonyl (C=O) groups is 2. The van der Waals surface area contributed by atoms with Gasteiger partial charge in [0.1, 0.15) is 11.8 Å². The maximum atomic E-state index is 13.6. The summed E-state index contributed by atoms with van der Waals surface area (Å²) >= 11 is 0. The van der Waals surface area contributed by atoms with Crippen molar-refractivity contribution < 1.29 is 37.8 Å². The fourth-order valence-corrected chi connectivity index (χ4v) is 3.51. The summed E-state index contributed by atoms with van der Waals surface area (Å²) in [5.74, 6) is -2.92. The predicted molar refractivity (Wildman–Crippen MR) is 159 cm³/mol. The number of nitrogens with one attached hydrogen (secondary N) is 1. The molecule has 9 nitrogen and oxygen atoms in total. The standard InChI is InChI=1S/C16H22F2O.C15H26N2O6/c1-3-8-14(4-2)11-12-16(17,18)13-19-15-9-6-5-7-10-15;1-3-4-5-6-7-10-14(18)16-13(2)15(19)22-11-8-9-12-23-17(20)21/h5-7,9-12,14H,3-4,8,13H2,1-2H3;4-5,13H,3,6-12H2,1-2H3,(H,16,18)/b12-11+;5-4-. The molecule has 0 aromatic heterocycles. The van der Waals surface area contributed by atoms with E-state index in [1.165, 1.54) is 0 Å². The zero-order chi connectivity index (χ0) is 31.6. The summed E-state index contributed by atoms with van der Waals surface area (Å²) in [5, 5.41) is 11.6.